The van der Waals surface area contributed by atoms with Gasteiger partial charge in [0.15, 0.2) is 6.10 Å². The van der Waals surface area contributed by atoms with Gasteiger partial charge in [0, 0.05) is 6.61 Å². The molecule has 3 atom stereocenters. The SMILES string of the molecule is O=C(O)C(O)C(O)C(O)CCCCCCCCCCCCCCO.[H-].[K+]. The number of carboxylic acids is 1. The minimum atomic E-state index is -1.93. The number of carbonyl (C=O) groups is 1. The quantitative estimate of drug-likeness (QED) is 0.167. The van der Waals surface area contributed by atoms with E-state index in [2.05, 4.69) is 0 Å². The number of aliphatic hydroxyl groups is 4. The van der Waals surface area contributed by atoms with Crippen molar-refractivity contribution in [1.82, 2.24) is 0 Å². The number of carboxylic acid groups (broad SMARTS) is 1. The summed E-state index contributed by atoms with van der Waals surface area (Å²) >= 11 is 0. The van der Waals surface area contributed by atoms with Gasteiger partial charge in [-0.1, -0.05) is 70.6 Å². The van der Waals surface area contributed by atoms with Crippen LogP contribution in [0.2, 0.25) is 0 Å². The van der Waals surface area contributed by atoms with Gasteiger partial charge in [-0.15, -0.1) is 0 Å². The molecule has 6 nitrogen and oxygen atoms in total. The van der Waals surface area contributed by atoms with E-state index in [1.165, 1.54) is 38.5 Å². The third-order valence-corrected chi connectivity index (χ3v) is 4.38. The predicted octanol–water partition coefficient (Wildman–Crippen LogP) is -0.666. The van der Waals surface area contributed by atoms with Crippen molar-refractivity contribution in [3.63, 3.8) is 0 Å². The van der Waals surface area contributed by atoms with Crippen LogP contribution < -0.4 is 51.4 Å². The van der Waals surface area contributed by atoms with Crippen LogP contribution in [0, 0.1) is 0 Å². The second-order valence-corrected chi connectivity index (χ2v) is 6.60. The van der Waals surface area contributed by atoms with Gasteiger partial charge in [0.2, 0.25) is 0 Å². The van der Waals surface area contributed by atoms with Gasteiger partial charge >= 0.3 is 57.4 Å². The monoisotopic (exact) mass is 388 g/mol. The molecule has 0 saturated carbocycles. The van der Waals surface area contributed by atoms with Crippen molar-refractivity contribution in [2.24, 2.45) is 0 Å². The molecule has 0 bridgehead atoms. The molecule has 7 heteroatoms. The summed E-state index contributed by atoms with van der Waals surface area (Å²) in [5, 5.41) is 45.5. The summed E-state index contributed by atoms with van der Waals surface area (Å²) in [6.07, 6.45) is 8.93. The third kappa shape index (κ3) is 16.8. The van der Waals surface area contributed by atoms with Crippen LogP contribution in [-0.2, 0) is 4.79 Å². The molecule has 0 aliphatic rings. The largest absolute Gasteiger partial charge is 1.00 e. The smallest absolute Gasteiger partial charge is 1.00 e. The van der Waals surface area contributed by atoms with Crippen LogP contribution in [-0.4, -0.2) is 56.4 Å². The zero-order valence-corrected chi connectivity index (χ0v) is 18.9. The Bertz CT molecular complexity index is 309. The van der Waals surface area contributed by atoms with E-state index in [4.69, 9.17) is 15.3 Å². The van der Waals surface area contributed by atoms with Crippen LogP contribution in [0.4, 0.5) is 0 Å². The average Bonchev–Trinajstić information content (AvgIpc) is 2.57. The summed E-state index contributed by atoms with van der Waals surface area (Å²) in [6.45, 7) is 0.302. The van der Waals surface area contributed by atoms with E-state index in [1.807, 2.05) is 0 Å². The first-order valence-corrected chi connectivity index (χ1v) is 9.38. The van der Waals surface area contributed by atoms with Gasteiger partial charge in [-0.2, -0.15) is 0 Å². The summed E-state index contributed by atoms with van der Waals surface area (Å²) in [7, 11) is 0. The normalized spacial score (nSPS) is 14.6. The van der Waals surface area contributed by atoms with Gasteiger partial charge in [0.1, 0.15) is 6.10 Å². The Morgan fingerprint density at radius 2 is 1.08 bits per heavy atom. The van der Waals surface area contributed by atoms with Crippen molar-refractivity contribution in [3.8, 4) is 0 Å². The molecular weight excluding hydrogens is 351 g/mol. The average molecular weight is 389 g/mol. The van der Waals surface area contributed by atoms with E-state index in [-0.39, 0.29) is 52.8 Å². The molecule has 0 fully saturated rings. The standard InChI is InChI=1S/C18H36O6.K.H/c19-14-12-10-8-6-4-2-1-3-5-7-9-11-13-15(20)16(21)17(22)18(23)24;;/h15-17,19-22H,1-14H2,(H,23,24);;/q;+1;-1. The maximum Gasteiger partial charge on any atom is 1.00 e. The summed E-state index contributed by atoms with van der Waals surface area (Å²) in [5.74, 6) is -1.52. The fourth-order valence-corrected chi connectivity index (χ4v) is 2.76. The summed E-state index contributed by atoms with van der Waals surface area (Å²) < 4.78 is 0. The Balaban J connectivity index is -0.00000264. The molecule has 0 radical (unpaired) electrons. The number of unbranched alkanes of at least 4 members (excludes halogenated alkanes) is 11. The van der Waals surface area contributed by atoms with E-state index >= 15 is 0 Å². The van der Waals surface area contributed by atoms with Gasteiger partial charge < -0.3 is 27.0 Å². The molecule has 3 unspecified atom stereocenters. The van der Waals surface area contributed by atoms with Crippen LogP contribution in [0.1, 0.15) is 84.9 Å². The summed E-state index contributed by atoms with van der Waals surface area (Å²) in [6, 6.07) is 0. The van der Waals surface area contributed by atoms with Crippen LogP contribution in [0.25, 0.3) is 0 Å². The van der Waals surface area contributed by atoms with E-state index in [0.717, 1.165) is 38.5 Å². The van der Waals surface area contributed by atoms with E-state index in [0.29, 0.717) is 13.0 Å². The predicted molar refractivity (Wildman–Crippen MR) is 93.9 cm³/mol. The zero-order valence-electron chi connectivity index (χ0n) is 16.8. The Morgan fingerprint density at radius 3 is 1.44 bits per heavy atom. The Labute approximate surface area is 195 Å². The second-order valence-electron chi connectivity index (χ2n) is 6.60. The van der Waals surface area contributed by atoms with Crippen molar-refractivity contribution in [1.29, 1.82) is 0 Å². The third-order valence-electron chi connectivity index (χ3n) is 4.38. The van der Waals surface area contributed by atoms with Crippen molar-refractivity contribution < 1.29 is 83.1 Å². The van der Waals surface area contributed by atoms with Gasteiger partial charge in [0.25, 0.3) is 0 Å². The first-order valence-electron chi connectivity index (χ1n) is 9.38. The van der Waals surface area contributed by atoms with Crippen LogP contribution in [0.3, 0.4) is 0 Å². The fourth-order valence-electron chi connectivity index (χ4n) is 2.76. The van der Waals surface area contributed by atoms with Crippen molar-refractivity contribution >= 4 is 5.97 Å². The molecule has 0 aliphatic heterocycles. The molecule has 0 rings (SSSR count). The van der Waals surface area contributed by atoms with E-state index < -0.39 is 24.3 Å². The van der Waals surface area contributed by atoms with Crippen LogP contribution in [0.5, 0.6) is 0 Å². The first kappa shape index (κ1) is 28.2. The number of aliphatic carboxylic acids is 1. The Hall–Kier alpha value is 0.946. The maximum absolute atomic E-state index is 10.5. The van der Waals surface area contributed by atoms with Crippen LogP contribution >= 0.6 is 0 Å². The second kappa shape index (κ2) is 19.7. The number of aliphatic hydroxyl groups excluding tert-OH is 4. The van der Waals surface area contributed by atoms with Gasteiger partial charge in [-0.25, -0.2) is 4.79 Å². The molecule has 0 spiro atoms. The molecular formula is C18H37KO6. The molecule has 0 aliphatic carbocycles. The van der Waals surface area contributed by atoms with Gasteiger partial charge in [-0.3, -0.25) is 0 Å². The molecule has 25 heavy (non-hydrogen) atoms. The van der Waals surface area contributed by atoms with E-state index in [1.54, 1.807) is 0 Å². The molecule has 0 aromatic rings. The van der Waals surface area contributed by atoms with Crippen LogP contribution in [0.15, 0.2) is 0 Å². The summed E-state index contributed by atoms with van der Waals surface area (Å²) in [4.78, 5) is 10.5. The zero-order chi connectivity index (χ0) is 18.2. The first-order chi connectivity index (χ1) is 11.5. The summed E-state index contributed by atoms with van der Waals surface area (Å²) in [5.41, 5.74) is 0. The molecule has 146 valence electrons. The Kier molecular flexibility index (Phi) is 22.2. The molecule has 0 heterocycles. The Morgan fingerprint density at radius 1 is 0.720 bits per heavy atom. The number of hydrogen-bond donors (Lipinski definition) is 5. The fraction of sp³-hybridized carbons (Fsp3) is 0.944. The van der Waals surface area contributed by atoms with Crippen molar-refractivity contribution in [2.45, 2.75) is 102 Å². The molecule has 0 saturated heterocycles. The van der Waals surface area contributed by atoms with Gasteiger partial charge in [0.05, 0.1) is 6.10 Å². The number of rotatable bonds is 17. The minimum Gasteiger partial charge on any atom is -1.00 e. The molecule has 0 aromatic heterocycles. The maximum atomic E-state index is 10.5. The minimum absolute atomic E-state index is 0. The molecule has 0 aromatic carbocycles. The number of hydrogen-bond acceptors (Lipinski definition) is 5. The molecule has 0 amide bonds. The van der Waals surface area contributed by atoms with Gasteiger partial charge in [-0.05, 0) is 12.8 Å². The van der Waals surface area contributed by atoms with E-state index in [9.17, 15) is 15.0 Å². The topological polar surface area (TPSA) is 118 Å². The van der Waals surface area contributed by atoms with Crippen molar-refractivity contribution in [2.75, 3.05) is 6.61 Å². The molecule has 5 N–H and O–H groups in total. The van der Waals surface area contributed by atoms with Crippen molar-refractivity contribution in [3.05, 3.63) is 0 Å².